The van der Waals surface area contributed by atoms with Gasteiger partial charge in [-0.25, -0.2) is 4.79 Å². The highest BCUT2D eigenvalue weighted by atomic mass is 32.2. The van der Waals surface area contributed by atoms with Crippen LogP contribution in [0, 0.1) is 25.2 Å². The van der Waals surface area contributed by atoms with Crippen molar-refractivity contribution in [1.29, 1.82) is 5.26 Å². The van der Waals surface area contributed by atoms with Gasteiger partial charge in [-0.05, 0) is 61.1 Å². The molecule has 0 amide bonds. The van der Waals surface area contributed by atoms with Crippen LogP contribution >= 0.6 is 11.8 Å². The molecule has 54 heavy (non-hydrogen) atoms. The second kappa shape index (κ2) is 12.6. The Hall–Kier alpha value is -4.88. The molecule has 2 unspecified atom stereocenters. The van der Waals surface area contributed by atoms with Crippen LogP contribution < -0.4 is 34.3 Å². The highest BCUT2D eigenvalue weighted by Gasteiger charge is 2.60. The van der Waals surface area contributed by atoms with Crippen LogP contribution in [-0.4, -0.2) is 85.1 Å². The van der Waals surface area contributed by atoms with E-state index in [1.807, 2.05) is 19.9 Å². The van der Waals surface area contributed by atoms with Crippen LogP contribution in [-0.2, 0) is 32.7 Å². The molecule has 10 rings (SSSR count). The van der Waals surface area contributed by atoms with Gasteiger partial charge in [-0.2, -0.15) is 5.26 Å². The van der Waals surface area contributed by atoms with Crippen molar-refractivity contribution in [2.24, 2.45) is 0 Å². The number of rotatable bonds is 3. The normalized spacial score (nSPS) is 28.9. The van der Waals surface area contributed by atoms with Crippen LogP contribution in [0.25, 0.3) is 0 Å². The van der Waals surface area contributed by atoms with Crippen molar-refractivity contribution >= 4 is 23.7 Å². The van der Waals surface area contributed by atoms with E-state index in [4.69, 9.17) is 28.4 Å². The molecular formula is C39H40N4O10S. The third-order valence-corrected chi connectivity index (χ3v) is 13.4. The molecule has 0 radical (unpaired) electrons. The second-order valence-electron chi connectivity index (χ2n) is 14.7. The molecule has 3 aromatic rings. The SMILES string of the molecule is COc1cc2c(cc1O)CCN[C@]21CS[C@@H]2c3c(OC(C)=O)c(C)c4c(c3[C@H](COC1=O)N1C2C2N[C@H](Cc3cc(C)c(OC)c(O)c32)[C@@H]1C#N)OCO4. The van der Waals surface area contributed by atoms with Crippen LogP contribution in [0.3, 0.4) is 0 Å². The number of benzene rings is 3. The molecule has 15 heteroatoms. The summed E-state index contributed by atoms with van der Waals surface area (Å²) in [4.78, 5) is 29.7. The Bertz CT molecular complexity index is 2190. The molecule has 4 bridgehead atoms. The number of methoxy groups -OCH3 is 2. The van der Waals surface area contributed by atoms with Gasteiger partial charge in [0.1, 0.15) is 18.4 Å². The van der Waals surface area contributed by atoms with Crippen molar-refractivity contribution in [2.45, 2.75) is 74.6 Å². The van der Waals surface area contributed by atoms with Crippen molar-refractivity contribution in [2.75, 3.05) is 39.9 Å². The number of nitriles is 1. The first kappa shape index (κ1) is 34.9. The van der Waals surface area contributed by atoms with E-state index in [1.165, 1.54) is 32.9 Å². The fourth-order valence-electron chi connectivity index (χ4n) is 9.79. The summed E-state index contributed by atoms with van der Waals surface area (Å²) in [5.74, 6) is 0.913. The molecular weight excluding hydrogens is 717 g/mol. The fraction of sp³-hybridized carbons (Fsp3) is 0.462. The average molecular weight is 757 g/mol. The van der Waals surface area contributed by atoms with E-state index < -0.39 is 46.9 Å². The zero-order valence-corrected chi connectivity index (χ0v) is 31.2. The fourth-order valence-corrected chi connectivity index (χ4v) is 11.5. The molecule has 7 aliphatic rings. The Balaban J connectivity index is 1.32. The van der Waals surface area contributed by atoms with Crippen LogP contribution in [0.15, 0.2) is 18.2 Å². The highest BCUT2D eigenvalue weighted by molar-refractivity contribution is 7.99. The lowest BCUT2D eigenvalue weighted by Crippen LogP contribution is -2.69. The van der Waals surface area contributed by atoms with Gasteiger partial charge in [0.05, 0.1) is 37.6 Å². The molecule has 7 heterocycles. The van der Waals surface area contributed by atoms with E-state index in [0.29, 0.717) is 70.2 Å². The van der Waals surface area contributed by atoms with E-state index in [-0.39, 0.29) is 42.4 Å². The summed E-state index contributed by atoms with van der Waals surface area (Å²) < 4.78 is 35.9. The lowest BCUT2D eigenvalue weighted by atomic mass is 9.72. The molecule has 7 aliphatic heterocycles. The van der Waals surface area contributed by atoms with Crippen molar-refractivity contribution in [3.63, 3.8) is 0 Å². The molecule has 0 saturated carbocycles. The number of aryl methyl sites for hydroxylation is 1. The zero-order chi connectivity index (χ0) is 37.8. The lowest BCUT2D eigenvalue weighted by Gasteiger charge is -2.59. The minimum absolute atomic E-state index is 0.0248. The van der Waals surface area contributed by atoms with Gasteiger partial charge in [0.2, 0.25) is 6.79 Å². The lowest BCUT2D eigenvalue weighted by molar-refractivity contribution is -0.155. The van der Waals surface area contributed by atoms with Gasteiger partial charge in [-0.1, -0.05) is 6.07 Å². The summed E-state index contributed by atoms with van der Waals surface area (Å²) in [6.45, 7) is 5.25. The summed E-state index contributed by atoms with van der Waals surface area (Å²) in [5.41, 5.74) is 4.33. The van der Waals surface area contributed by atoms with Crippen molar-refractivity contribution in [1.82, 2.24) is 15.5 Å². The third kappa shape index (κ3) is 4.76. The number of carbonyl (C=O) groups is 2. The maximum atomic E-state index is 14.7. The van der Waals surface area contributed by atoms with Crippen molar-refractivity contribution in [3.05, 3.63) is 62.7 Å². The summed E-state index contributed by atoms with van der Waals surface area (Å²) in [6, 6.07) is 5.06. The first-order chi connectivity index (χ1) is 26.0. The number of nitrogens with one attached hydrogen (secondary N) is 2. The molecule has 0 aliphatic carbocycles. The minimum atomic E-state index is -1.36. The predicted molar refractivity (Wildman–Crippen MR) is 193 cm³/mol. The number of hydrogen-bond donors (Lipinski definition) is 4. The zero-order valence-electron chi connectivity index (χ0n) is 30.4. The van der Waals surface area contributed by atoms with Crippen LogP contribution in [0.1, 0.15) is 68.8 Å². The van der Waals surface area contributed by atoms with E-state index in [0.717, 1.165) is 16.7 Å². The number of esters is 2. The quantitative estimate of drug-likeness (QED) is 0.225. The molecule has 4 N–H and O–H groups in total. The first-order valence-electron chi connectivity index (χ1n) is 17.9. The monoisotopic (exact) mass is 756 g/mol. The maximum Gasteiger partial charge on any atom is 0.331 e. The molecule has 2 fully saturated rings. The topological polar surface area (TPSA) is 181 Å². The first-order valence-corrected chi connectivity index (χ1v) is 19.0. The molecule has 3 aromatic carbocycles. The molecule has 282 valence electrons. The van der Waals surface area contributed by atoms with E-state index >= 15 is 0 Å². The largest absolute Gasteiger partial charge is 0.504 e. The average Bonchev–Trinajstić information content (AvgIpc) is 3.64. The number of ether oxygens (including phenoxy) is 6. The number of carbonyl (C=O) groups excluding carboxylic acids is 2. The van der Waals surface area contributed by atoms with Gasteiger partial charge in [-0.3, -0.25) is 15.0 Å². The van der Waals surface area contributed by atoms with Gasteiger partial charge < -0.3 is 44.0 Å². The number of phenolic OH excluding ortho intramolecular Hbond substituents is 2. The summed E-state index contributed by atoms with van der Waals surface area (Å²) in [7, 11) is 2.99. The third-order valence-electron chi connectivity index (χ3n) is 11.9. The van der Waals surface area contributed by atoms with Crippen molar-refractivity contribution < 1.29 is 48.2 Å². The number of nitrogens with zero attached hydrogens (tertiary/aromatic N) is 2. The minimum Gasteiger partial charge on any atom is -0.504 e. The summed E-state index contributed by atoms with van der Waals surface area (Å²) in [5, 5.41) is 40.3. The van der Waals surface area contributed by atoms with E-state index in [9.17, 15) is 25.1 Å². The Kier molecular flexibility index (Phi) is 8.13. The number of aromatic hydroxyl groups is 2. The smallest absolute Gasteiger partial charge is 0.331 e. The van der Waals surface area contributed by atoms with Gasteiger partial charge in [0.15, 0.2) is 40.0 Å². The maximum absolute atomic E-state index is 14.7. The summed E-state index contributed by atoms with van der Waals surface area (Å²) in [6.07, 6.45) is 1.03. The van der Waals surface area contributed by atoms with E-state index in [2.05, 4.69) is 21.6 Å². The molecule has 14 nitrogen and oxygen atoms in total. The predicted octanol–water partition coefficient (Wildman–Crippen LogP) is 3.64. The number of fused-ring (bicyclic) bond motifs is 9. The molecule has 2 saturated heterocycles. The highest BCUT2D eigenvalue weighted by Crippen LogP contribution is 2.63. The standard InChI is InChI=1S/C39H40N4O10S/c1-16-8-20-9-22-23(12-40)43-24-13-50-38(47)39(21-11-26(48-4)25(45)10-19(21)6-7-41-39)14-54-37(31(43)30(42-22)27(20)32(46)33(16)49-5)29-28(24)36-35(51-15-52-36)17(2)34(29)53-18(3)44/h8,10-11,22-24,30-31,37,41-42,45-46H,6-7,9,13-15H2,1-5H3/t22-,23+,24+,30?,31?,37-,39-/m1/s1. The van der Waals surface area contributed by atoms with Crippen LogP contribution in [0.2, 0.25) is 0 Å². The van der Waals surface area contributed by atoms with Gasteiger partial charge in [0.25, 0.3) is 0 Å². The number of hydrogen-bond acceptors (Lipinski definition) is 15. The Morgan fingerprint density at radius 3 is 2.59 bits per heavy atom. The van der Waals surface area contributed by atoms with Gasteiger partial charge >= 0.3 is 11.9 Å². The Morgan fingerprint density at radius 2 is 1.85 bits per heavy atom. The molecule has 0 aromatic heterocycles. The Labute approximate surface area is 315 Å². The number of phenols is 2. The molecule has 1 spiro atoms. The van der Waals surface area contributed by atoms with Gasteiger partial charge in [-0.15, -0.1) is 11.8 Å². The van der Waals surface area contributed by atoms with E-state index in [1.54, 1.807) is 12.1 Å². The van der Waals surface area contributed by atoms with Crippen molar-refractivity contribution in [3.8, 4) is 46.3 Å². The van der Waals surface area contributed by atoms with Crippen LogP contribution in [0.5, 0.6) is 40.2 Å². The number of piperazine rings is 1. The Morgan fingerprint density at radius 1 is 1.06 bits per heavy atom. The number of thioether (sulfide) groups is 1. The molecule has 7 atom stereocenters. The summed E-state index contributed by atoms with van der Waals surface area (Å²) >= 11 is 1.46. The second-order valence-corrected chi connectivity index (χ2v) is 15.8. The van der Waals surface area contributed by atoms with Crippen LogP contribution in [0.4, 0.5) is 0 Å². The van der Waals surface area contributed by atoms with Gasteiger partial charge in [0, 0.05) is 53.6 Å².